The van der Waals surface area contributed by atoms with Gasteiger partial charge in [0.1, 0.15) is 36.3 Å². The molecule has 25 heteroatoms. The molecule has 3 saturated heterocycles. The third-order valence-corrected chi connectivity index (χ3v) is 9.34. The summed E-state index contributed by atoms with van der Waals surface area (Å²) in [6.45, 7) is -1.82. The second-order valence-electron chi connectivity index (χ2n) is 10.2. The van der Waals surface area contributed by atoms with Crippen molar-refractivity contribution in [2.24, 2.45) is 9.98 Å². The van der Waals surface area contributed by atoms with Crippen LogP contribution in [-0.2, 0) is 42.4 Å². The Hall–Kier alpha value is -3.61. The lowest BCUT2D eigenvalue weighted by Crippen LogP contribution is -2.52. The molecule has 5 aliphatic rings. The Morgan fingerprint density at radius 1 is 1.13 bits per heavy atom. The minimum atomic E-state index is -5.41. The largest absolute Gasteiger partial charge is 0.756 e. The lowest BCUT2D eigenvalue weighted by atomic mass is 10.1. The maximum atomic E-state index is 15.8. The van der Waals surface area contributed by atoms with Gasteiger partial charge in [0.15, 0.2) is 48.1 Å². The molecule has 1 amide bonds. The molecule has 21 nitrogen and oxygen atoms in total. The summed E-state index contributed by atoms with van der Waals surface area (Å²) in [6.07, 6.45) is -11.9. The highest BCUT2D eigenvalue weighted by Crippen LogP contribution is 2.47. The van der Waals surface area contributed by atoms with Crippen molar-refractivity contribution in [1.82, 2.24) is 34.5 Å². The molecule has 2 aromatic rings. The van der Waals surface area contributed by atoms with E-state index in [1.807, 2.05) is 4.72 Å². The third kappa shape index (κ3) is 5.26. The van der Waals surface area contributed by atoms with Gasteiger partial charge in [0.2, 0.25) is 5.96 Å². The fraction of sp³-hybridized carbons (Fsp3) is 0.550. The number of rotatable bonds is 2. The number of carbonyl (C=O) groups excluding carboxylic acids is 1. The number of hydrogen-bond acceptors (Lipinski definition) is 17. The molecule has 0 bridgehead atoms. The Morgan fingerprint density at radius 3 is 2.69 bits per heavy atom. The van der Waals surface area contributed by atoms with Crippen LogP contribution in [0, 0.1) is 5.41 Å². The number of hydrogen-bond donors (Lipinski definition) is 4. The van der Waals surface area contributed by atoms with E-state index in [1.165, 1.54) is 0 Å². The number of imidazole rings is 1. The van der Waals surface area contributed by atoms with Crippen LogP contribution in [0.15, 0.2) is 22.6 Å². The maximum Gasteiger partial charge on any atom is 0.336 e. The van der Waals surface area contributed by atoms with Crippen molar-refractivity contribution in [2.45, 2.75) is 55.3 Å². The van der Waals surface area contributed by atoms with E-state index in [-0.39, 0.29) is 22.8 Å². The summed E-state index contributed by atoms with van der Waals surface area (Å²) in [4.78, 5) is 45.5. The van der Waals surface area contributed by atoms with Gasteiger partial charge in [-0.15, -0.1) is 0 Å². The van der Waals surface area contributed by atoms with Crippen LogP contribution < -0.4 is 20.7 Å². The van der Waals surface area contributed by atoms with Crippen molar-refractivity contribution in [3.63, 3.8) is 0 Å². The van der Waals surface area contributed by atoms with Crippen LogP contribution in [-0.4, -0.2) is 119 Å². The van der Waals surface area contributed by atoms with Gasteiger partial charge < -0.3 is 29.1 Å². The minimum absolute atomic E-state index is 0.0213. The van der Waals surface area contributed by atoms with Crippen LogP contribution >= 0.6 is 7.82 Å². The van der Waals surface area contributed by atoms with Gasteiger partial charge >= 0.3 is 10.3 Å². The van der Waals surface area contributed by atoms with E-state index >= 15 is 8.78 Å². The summed E-state index contributed by atoms with van der Waals surface area (Å²) in [6, 6.07) is -1.23. The molecule has 0 spiro atoms. The molecule has 10 atom stereocenters. The first-order valence-electron chi connectivity index (χ1n) is 13.0. The Balaban J connectivity index is 1.14. The summed E-state index contributed by atoms with van der Waals surface area (Å²) in [7, 11) is -10.3. The molecule has 5 aliphatic heterocycles. The number of phosphoric acid groups is 1. The lowest BCUT2D eigenvalue weighted by Gasteiger charge is -2.31. The second-order valence-corrected chi connectivity index (χ2v) is 12.9. The van der Waals surface area contributed by atoms with E-state index in [9.17, 15) is 22.7 Å². The highest BCUT2D eigenvalue weighted by molar-refractivity contribution is 7.84. The lowest BCUT2D eigenvalue weighted by molar-refractivity contribution is -0.235. The number of carbonyl (C=O) groups is 1. The summed E-state index contributed by atoms with van der Waals surface area (Å²) in [5.41, 5.74) is 5.92. The van der Waals surface area contributed by atoms with E-state index in [4.69, 9.17) is 33.8 Å². The molecule has 0 radical (unpaired) electrons. The molecule has 45 heavy (non-hydrogen) atoms. The summed E-state index contributed by atoms with van der Waals surface area (Å²) in [5.74, 6) is -1.50. The highest BCUT2D eigenvalue weighted by Gasteiger charge is 2.55. The number of aromatic nitrogens is 4. The van der Waals surface area contributed by atoms with Gasteiger partial charge in [-0.1, -0.05) is 0 Å². The standard InChI is InChI=1S/C20H22F2N11O10PS/c21-8-12-6(40-18(8)32-4-27-10-14(23)25-3-26-15(10)32)1-29-45(37,38)43-13-7(2-39-44(35,36)42-12)41-19(9(13)22)33-5-28-11-16(33)30-20(24)31-17(11)34/h3-9,11-13,18-19,29H,1-2H2,(H,35,36)(H2,23,25,26)(H2,24,31,34)/p-1/t6-,7-,8-,9+,11?,12-,13-,18-,19-/m1/s1. The minimum Gasteiger partial charge on any atom is -0.756 e. The number of fused-ring (bicyclic) bond motifs is 4. The number of halogens is 2. The van der Waals surface area contributed by atoms with Crippen molar-refractivity contribution in [2.75, 3.05) is 18.9 Å². The van der Waals surface area contributed by atoms with E-state index in [0.29, 0.717) is 0 Å². The fourth-order valence-corrected chi connectivity index (χ4v) is 7.27. The van der Waals surface area contributed by atoms with Crippen molar-refractivity contribution in [3.05, 3.63) is 12.7 Å². The molecule has 2 aromatic heterocycles. The van der Waals surface area contributed by atoms with Gasteiger partial charge in [0.05, 0.1) is 19.3 Å². The highest BCUT2D eigenvalue weighted by atomic mass is 32.2. The number of nitrogens with two attached hydrogens (primary N) is 1. The Morgan fingerprint density at radius 2 is 1.89 bits per heavy atom. The van der Waals surface area contributed by atoms with Crippen molar-refractivity contribution >= 4 is 59.1 Å². The SMILES string of the molecule is N=C1N=C2C(N=CN2[C@@H]2O[C@@H]3COP(=O)([O-])O[C@H]4[C@@H](F)[C@H](n5cnc6c(N)ncnc65)O[C@@H]4CNS(=O)(=O)O[C@H]3[C@@H]2F)C(=O)N1. The molecule has 242 valence electrons. The number of ether oxygens (including phenoxy) is 2. The molecular formula is C20H21F2N11O10PS-. The number of alkyl halides is 2. The molecular weight excluding hydrogens is 655 g/mol. The van der Waals surface area contributed by atoms with E-state index in [1.54, 1.807) is 0 Å². The van der Waals surface area contributed by atoms with Crippen LogP contribution in [0.5, 0.6) is 0 Å². The fourth-order valence-electron chi connectivity index (χ4n) is 5.37. The zero-order chi connectivity index (χ0) is 31.8. The molecule has 0 aromatic carbocycles. The van der Waals surface area contributed by atoms with Gasteiger partial charge in [-0.25, -0.2) is 27.9 Å². The average molecular weight is 676 g/mol. The average Bonchev–Trinajstić information content (AvgIpc) is 3.72. The predicted octanol–water partition coefficient (Wildman–Crippen LogP) is -3.01. The Labute approximate surface area is 250 Å². The van der Waals surface area contributed by atoms with Crippen molar-refractivity contribution in [1.29, 1.82) is 5.41 Å². The van der Waals surface area contributed by atoms with Gasteiger partial charge in [0, 0.05) is 6.54 Å². The molecule has 5 N–H and O–H groups in total. The predicted molar refractivity (Wildman–Crippen MR) is 140 cm³/mol. The third-order valence-electron chi connectivity index (χ3n) is 7.38. The monoisotopic (exact) mass is 676 g/mol. The number of amidine groups is 1. The topological polar surface area (TPSA) is 283 Å². The number of nitrogens with one attached hydrogen (secondary N) is 3. The summed E-state index contributed by atoms with van der Waals surface area (Å²) < 4.78 is 99.7. The number of amides is 1. The van der Waals surface area contributed by atoms with E-state index < -0.39 is 98.4 Å². The van der Waals surface area contributed by atoms with Crippen LogP contribution in [0.3, 0.4) is 0 Å². The normalized spacial score (nSPS) is 39.8. The van der Waals surface area contributed by atoms with Crippen LogP contribution in [0.1, 0.15) is 6.23 Å². The van der Waals surface area contributed by atoms with Gasteiger partial charge in [-0.3, -0.25) is 34.5 Å². The van der Waals surface area contributed by atoms with E-state index in [2.05, 4.69) is 30.3 Å². The van der Waals surface area contributed by atoms with Crippen LogP contribution in [0.4, 0.5) is 14.6 Å². The second kappa shape index (κ2) is 10.7. The first-order chi connectivity index (χ1) is 21.3. The molecule has 2 unspecified atom stereocenters. The van der Waals surface area contributed by atoms with Gasteiger partial charge in [-0.2, -0.15) is 18.1 Å². The molecule has 7 rings (SSSR count). The number of anilines is 1. The smallest absolute Gasteiger partial charge is 0.336 e. The maximum absolute atomic E-state index is 15.8. The number of nitrogens with zero attached hydrogens (tertiary/aromatic N) is 7. The summed E-state index contributed by atoms with van der Waals surface area (Å²) >= 11 is 0. The Kier molecular flexibility index (Phi) is 7.18. The number of phosphoric ester groups is 1. The first-order valence-corrected chi connectivity index (χ1v) is 15.8. The first kappa shape index (κ1) is 30.1. The quantitative estimate of drug-likeness (QED) is 0.230. The summed E-state index contributed by atoms with van der Waals surface area (Å²) in [5, 5.41) is 9.79. The van der Waals surface area contributed by atoms with Crippen molar-refractivity contribution in [3.8, 4) is 0 Å². The van der Waals surface area contributed by atoms with Gasteiger partial charge in [0.25, 0.3) is 13.7 Å². The molecule has 3 fully saturated rings. The zero-order valence-corrected chi connectivity index (χ0v) is 24.0. The van der Waals surface area contributed by atoms with E-state index in [0.717, 1.165) is 28.5 Å². The molecule has 0 saturated carbocycles. The molecule has 7 heterocycles. The Bertz CT molecular complexity index is 1800. The van der Waals surface area contributed by atoms with Crippen LogP contribution in [0.2, 0.25) is 0 Å². The number of aliphatic imine (C=N–C) groups is 2. The zero-order valence-electron chi connectivity index (χ0n) is 22.2. The number of nitrogen functional groups attached to an aromatic ring is 1. The molecule has 0 aliphatic carbocycles. The number of guanidine groups is 1. The van der Waals surface area contributed by atoms with Gasteiger partial charge in [-0.05, 0) is 0 Å². The van der Waals surface area contributed by atoms with Crippen molar-refractivity contribution < 1.29 is 54.2 Å². The van der Waals surface area contributed by atoms with Crippen LogP contribution in [0.25, 0.3) is 11.2 Å².